The molecule has 3 aromatic carbocycles. The topological polar surface area (TPSA) is 118 Å². The lowest BCUT2D eigenvalue weighted by Gasteiger charge is -2.31. The van der Waals surface area contributed by atoms with E-state index in [1.165, 1.54) is 23.8 Å². The van der Waals surface area contributed by atoms with Gasteiger partial charge in [0, 0.05) is 18.7 Å². The molecule has 0 saturated carbocycles. The summed E-state index contributed by atoms with van der Waals surface area (Å²) in [6.07, 6.45) is -1.44. The van der Waals surface area contributed by atoms with Crippen LogP contribution in [0.4, 0.5) is 5.82 Å². The summed E-state index contributed by atoms with van der Waals surface area (Å²) in [5, 5.41) is 2.63. The third-order valence-electron chi connectivity index (χ3n) is 7.03. The van der Waals surface area contributed by atoms with Crippen LogP contribution in [0.15, 0.2) is 108 Å². The molecule has 0 bridgehead atoms. The lowest BCUT2D eigenvalue weighted by atomic mass is 9.97. The number of carbonyl (C=O) groups is 2. The van der Waals surface area contributed by atoms with Gasteiger partial charge in [-0.3, -0.25) is 14.2 Å². The number of benzene rings is 3. The van der Waals surface area contributed by atoms with Crippen LogP contribution in [0.2, 0.25) is 0 Å². The van der Waals surface area contributed by atoms with Crippen LogP contribution in [-0.4, -0.2) is 45.8 Å². The molecule has 1 amide bonds. The maximum absolute atomic E-state index is 13.3. The summed E-state index contributed by atoms with van der Waals surface area (Å²) in [4.78, 5) is 42.2. The van der Waals surface area contributed by atoms with Crippen molar-refractivity contribution in [2.75, 3.05) is 11.9 Å². The van der Waals surface area contributed by atoms with Crippen molar-refractivity contribution in [2.24, 2.45) is 0 Å². The van der Waals surface area contributed by atoms with Gasteiger partial charge in [-0.1, -0.05) is 78.9 Å². The highest BCUT2D eigenvalue weighted by Gasteiger charge is 2.56. The quantitative estimate of drug-likeness (QED) is 0.256. The van der Waals surface area contributed by atoms with Crippen LogP contribution in [-0.2, 0) is 37.0 Å². The van der Waals surface area contributed by atoms with E-state index in [0.717, 1.165) is 11.1 Å². The standard InChI is InChI=1S/C33H33N3O7/c1-23(37)42-28-29(41-21-25-14-8-4-9-15-25)33(2,22-40-20-24-12-6-3-7-13-24)43-31(28)36-19-18-27(35-32(36)39)34-30(38)26-16-10-5-11-17-26/h3-19,28-29,31H,20-22H2,1-2H3,(H,34,35,38,39)/t28-,29+,31-,33-/m1/s1. The van der Waals surface area contributed by atoms with Crippen LogP contribution in [0.3, 0.4) is 0 Å². The zero-order chi connectivity index (χ0) is 30.2. The van der Waals surface area contributed by atoms with Crippen molar-refractivity contribution >= 4 is 17.7 Å². The van der Waals surface area contributed by atoms with Gasteiger partial charge in [0.25, 0.3) is 5.91 Å². The Kier molecular flexibility index (Phi) is 9.41. The highest BCUT2D eigenvalue weighted by atomic mass is 16.6. The molecule has 2 heterocycles. The van der Waals surface area contributed by atoms with E-state index in [-0.39, 0.29) is 19.0 Å². The molecule has 4 aromatic rings. The van der Waals surface area contributed by atoms with Crippen LogP contribution in [0.5, 0.6) is 0 Å². The minimum atomic E-state index is -1.12. The molecule has 1 aliphatic rings. The number of rotatable bonds is 11. The number of hydrogen-bond acceptors (Lipinski definition) is 8. The number of esters is 1. The second kappa shape index (κ2) is 13.6. The van der Waals surface area contributed by atoms with Crippen molar-refractivity contribution in [1.82, 2.24) is 9.55 Å². The van der Waals surface area contributed by atoms with Gasteiger partial charge in [-0.15, -0.1) is 0 Å². The van der Waals surface area contributed by atoms with Crippen LogP contribution in [0.25, 0.3) is 0 Å². The first-order chi connectivity index (χ1) is 20.8. The molecule has 4 atom stereocenters. The molecule has 1 saturated heterocycles. The average molecular weight is 584 g/mol. The highest BCUT2D eigenvalue weighted by molar-refractivity contribution is 6.03. The number of nitrogens with one attached hydrogen (secondary N) is 1. The van der Waals surface area contributed by atoms with Gasteiger partial charge in [0.1, 0.15) is 17.5 Å². The molecule has 1 aromatic heterocycles. The molecule has 10 nitrogen and oxygen atoms in total. The zero-order valence-corrected chi connectivity index (χ0v) is 23.9. The number of aromatic nitrogens is 2. The van der Waals surface area contributed by atoms with E-state index in [1.807, 2.05) is 60.7 Å². The summed E-state index contributed by atoms with van der Waals surface area (Å²) in [5.74, 6) is -0.894. The number of amides is 1. The number of nitrogens with zero attached hydrogens (tertiary/aromatic N) is 2. The van der Waals surface area contributed by atoms with Crippen molar-refractivity contribution in [1.29, 1.82) is 0 Å². The van der Waals surface area contributed by atoms with Gasteiger partial charge in [0.05, 0.1) is 19.8 Å². The van der Waals surface area contributed by atoms with Crippen molar-refractivity contribution < 1.29 is 28.5 Å². The van der Waals surface area contributed by atoms with Crippen LogP contribution >= 0.6 is 0 Å². The fraction of sp³-hybridized carbons (Fsp3) is 0.273. The summed E-state index contributed by atoms with van der Waals surface area (Å²) in [7, 11) is 0. The summed E-state index contributed by atoms with van der Waals surface area (Å²) in [6, 6.07) is 29.3. The number of ether oxygens (including phenoxy) is 4. The Balaban J connectivity index is 1.41. The molecule has 1 fully saturated rings. The van der Waals surface area contributed by atoms with E-state index < -0.39 is 41.6 Å². The predicted octanol–water partition coefficient (Wildman–Crippen LogP) is 4.52. The molecule has 0 spiro atoms. The maximum atomic E-state index is 13.3. The largest absolute Gasteiger partial charge is 0.455 e. The molecular formula is C33H33N3O7. The molecule has 0 aliphatic carbocycles. The molecule has 5 rings (SSSR count). The van der Waals surface area contributed by atoms with Crippen molar-refractivity contribution in [3.8, 4) is 0 Å². The minimum absolute atomic E-state index is 0.0722. The monoisotopic (exact) mass is 583 g/mol. The van der Waals surface area contributed by atoms with E-state index >= 15 is 0 Å². The lowest BCUT2D eigenvalue weighted by molar-refractivity contribution is -0.159. The molecule has 0 radical (unpaired) electrons. The van der Waals surface area contributed by atoms with Crippen molar-refractivity contribution in [3.63, 3.8) is 0 Å². The van der Waals surface area contributed by atoms with Gasteiger partial charge in [0.15, 0.2) is 12.3 Å². The first kappa shape index (κ1) is 29.8. The fourth-order valence-corrected chi connectivity index (χ4v) is 4.98. The number of anilines is 1. The lowest BCUT2D eigenvalue weighted by Crippen LogP contribution is -2.47. The summed E-state index contributed by atoms with van der Waals surface area (Å²) >= 11 is 0. The number of carbonyl (C=O) groups excluding carboxylic acids is 2. The van der Waals surface area contributed by atoms with Crippen molar-refractivity contribution in [3.05, 3.63) is 130 Å². The molecule has 0 unspecified atom stereocenters. The summed E-state index contributed by atoms with van der Waals surface area (Å²) in [6.45, 7) is 3.72. The number of hydrogen-bond donors (Lipinski definition) is 1. The third kappa shape index (κ3) is 7.42. The van der Waals surface area contributed by atoms with Crippen molar-refractivity contribution in [2.45, 2.75) is 51.1 Å². The second-order valence-electron chi connectivity index (χ2n) is 10.4. The van der Waals surface area contributed by atoms with Gasteiger partial charge in [-0.25, -0.2) is 4.79 Å². The highest BCUT2D eigenvalue weighted by Crippen LogP contribution is 2.41. The van der Waals surface area contributed by atoms with Crippen LogP contribution < -0.4 is 11.0 Å². The van der Waals surface area contributed by atoms with Gasteiger partial charge >= 0.3 is 11.7 Å². The molecular weight excluding hydrogens is 550 g/mol. The minimum Gasteiger partial charge on any atom is -0.455 e. The SMILES string of the molecule is CC(=O)O[C@H]1[C@H](n2ccc(NC(=O)c3ccccc3)nc2=O)O[C@](C)(COCc2ccccc2)[C@H]1OCc1ccccc1. The average Bonchev–Trinajstić information content (AvgIpc) is 3.27. The Labute approximate surface area is 249 Å². The Morgan fingerprint density at radius 3 is 2.12 bits per heavy atom. The first-order valence-corrected chi connectivity index (χ1v) is 13.9. The van der Waals surface area contributed by atoms with Crippen LogP contribution in [0, 0.1) is 0 Å². The Morgan fingerprint density at radius 2 is 1.51 bits per heavy atom. The van der Waals surface area contributed by atoms with Gasteiger partial charge in [-0.2, -0.15) is 4.98 Å². The van der Waals surface area contributed by atoms with E-state index in [1.54, 1.807) is 37.3 Å². The normalized spacial score (nSPS) is 21.3. The molecule has 1 N–H and O–H groups in total. The van der Waals surface area contributed by atoms with E-state index in [0.29, 0.717) is 12.2 Å². The Morgan fingerprint density at radius 1 is 0.907 bits per heavy atom. The van der Waals surface area contributed by atoms with E-state index in [9.17, 15) is 14.4 Å². The fourth-order valence-electron chi connectivity index (χ4n) is 4.98. The van der Waals surface area contributed by atoms with E-state index in [2.05, 4.69) is 10.3 Å². The Hall–Kier alpha value is -4.64. The van der Waals surface area contributed by atoms with Gasteiger partial charge < -0.3 is 24.3 Å². The third-order valence-corrected chi connectivity index (χ3v) is 7.03. The molecule has 43 heavy (non-hydrogen) atoms. The van der Waals surface area contributed by atoms with Crippen LogP contribution in [0.1, 0.15) is 41.6 Å². The smallest absolute Gasteiger partial charge is 0.351 e. The summed E-state index contributed by atoms with van der Waals surface area (Å²) < 4.78 is 25.9. The Bertz CT molecular complexity index is 1580. The summed E-state index contributed by atoms with van der Waals surface area (Å²) in [5.41, 5.74) is 0.495. The molecule has 222 valence electrons. The maximum Gasteiger partial charge on any atom is 0.351 e. The van der Waals surface area contributed by atoms with E-state index in [4.69, 9.17) is 18.9 Å². The molecule has 10 heteroatoms. The predicted molar refractivity (Wildman–Crippen MR) is 158 cm³/mol. The van der Waals surface area contributed by atoms with Gasteiger partial charge in [-0.05, 0) is 36.2 Å². The van der Waals surface area contributed by atoms with Gasteiger partial charge in [0.2, 0.25) is 0 Å². The first-order valence-electron chi connectivity index (χ1n) is 13.9. The zero-order valence-electron chi connectivity index (χ0n) is 23.9. The molecule has 1 aliphatic heterocycles. The second-order valence-corrected chi connectivity index (χ2v) is 10.4.